The molecule has 4 aromatic rings. The number of aryl methyl sites for hydroxylation is 1. The third-order valence-corrected chi connectivity index (χ3v) is 7.06. The molecular formula is C27H26N6O3. The number of hydrogen-bond donors (Lipinski definition) is 2. The monoisotopic (exact) mass is 482 g/mol. The quantitative estimate of drug-likeness (QED) is 0.451. The molecule has 0 saturated carbocycles. The number of aromatic nitrogens is 3. The molecule has 2 amide bonds. The molecule has 9 heteroatoms. The lowest BCUT2D eigenvalue weighted by Crippen LogP contribution is -2.17. The molecule has 9 nitrogen and oxygen atoms in total. The Morgan fingerprint density at radius 1 is 1.17 bits per heavy atom. The van der Waals surface area contributed by atoms with Crippen molar-refractivity contribution < 1.29 is 14.3 Å². The predicted octanol–water partition coefficient (Wildman–Crippen LogP) is 3.27. The van der Waals surface area contributed by atoms with Gasteiger partial charge in [0.1, 0.15) is 17.6 Å². The standard InChI is InChI=1S/C27H26N6O3/c1-32-13-16-10-15(6-8-18(16)27(32)35)11-23(34)31-20-9-7-17(12-22(20)36-2)33-21-5-3-4-19(21)24-25(33)26(28)30-14-29-24/h6-10,12,14H,3-5,11,13H2,1-2H3,(H,31,34)(H2,28,29,30). The SMILES string of the molecule is COc1cc(-n2c3c(c4ncnc(N)c42)CCC3)ccc1NC(=O)Cc1ccc2c(c1)CN(C)C2=O. The van der Waals surface area contributed by atoms with Gasteiger partial charge >= 0.3 is 0 Å². The van der Waals surface area contributed by atoms with Crippen LogP contribution in [-0.2, 0) is 30.6 Å². The van der Waals surface area contributed by atoms with E-state index in [0.717, 1.165) is 47.1 Å². The fourth-order valence-corrected chi connectivity index (χ4v) is 5.41. The van der Waals surface area contributed by atoms with Crippen molar-refractivity contribution in [3.63, 3.8) is 0 Å². The maximum absolute atomic E-state index is 12.9. The minimum absolute atomic E-state index is 0.0141. The van der Waals surface area contributed by atoms with E-state index in [-0.39, 0.29) is 18.2 Å². The summed E-state index contributed by atoms with van der Waals surface area (Å²) in [4.78, 5) is 35.4. The molecule has 0 fully saturated rings. The highest BCUT2D eigenvalue weighted by atomic mass is 16.5. The van der Waals surface area contributed by atoms with E-state index in [4.69, 9.17) is 10.5 Å². The van der Waals surface area contributed by atoms with Crippen LogP contribution in [0, 0.1) is 0 Å². The smallest absolute Gasteiger partial charge is 0.254 e. The number of carbonyl (C=O) groups is 2. The highest BCUT2D eigenvalue weighted by Crippen LogP contribution is 2.38. The van der Waals surface area contributed by atoms with Gasteiger partial charge in [-0.05, 0) is 54.2 Å². The summed E-state index contributed by atoms with van der Waals surface area (Å²) in [5.41, 5.74) is 14.4. The van der Waals surface area contributed by atoms with E-state index in [2.05, 4.69) is 19.9 Å². The molecule has 0 spiro atoms. The maximum atomic E-state index is 12.9. The number of nitrogens with one attached hydrogen (secondary N) is 1. The third-order valence-electron chi connectivity index (χ3n) is 7.06. The number of nitrogens with zero attached hydrogens (tertiary/aromatic N) is 4. The summed E-state index contributed by atoms with van der Waals surface area (Å²) >= 11 is 0. The van der Waals surface area contributed by atoms with Gasteiger partial charge in [0.05, 0.1) is 24.7 Å². The third kappa shape index (κ3) is 3.46. The molecule has 6 rings (SSSR count). The maximum Gasteiger partial charge on any atom is 0.254 e. The Balaban J connectivity index is 1.28. The second-order valence-corrected chi connectivity index (χ2v) is 9.33. The largest absolute Gasteiger partial charge is 0.494 e. The summed E-state index contributed by atoms with van der Waals surface area (Å²) in [6, 6.07) is 11.3. The minimum Gasteiger partial charge on any atom is -0.494 e. The van der Waals surface area contributed by atoms with Crippen LogP contribution < -0.4 is 15.8 Å². The summed E-state index contributed by atoms with van der Waals surface area (Å²) < 4.78 is 7.76. The molecular weight excluding hydrogens is 456 g/mol. The van der Waals surface area contributed by atoms with Crippen LogP contribution in [0.4, 0.5) is 11.5 Å². The van der Waals surface area contributed by atoms with E-state index in [0.29, 0.717) is 29.4 Å². The van der Waals surface area contributed by atoms with Crippen LogP contribution in [0.2, 0.25) is 0 Å². The van der Waals surface area contributed by atoms with E-state index in [1.807, 2.05) is 30.3 Å². The van der Waals surface area contributed by atoms with Crippen molar-refractivity contribution >= 4 is 34.4 Å². The number of nitrogen functional groups attached to an aromatic ring is 1. The van der Waals surface area contributed by atoms with Gasteiger partial charge in [-0.25, -0.2) is 9.97 Å². The fourth-order valence-electron chi connectivity index (χ4n) is 5.41. The molecule has 1 aliphatic carbocycles. The molecule has 36 heavy (non-hydrogen) atoms. The predicted molar refractivity (Wildman–Crippen MR) is 136 cm³/mol. The van der Waals surface area contributed by atoms with Crippen molar-refractivity contribution in [3.05, 3.63) is 70.7 Å². The Morgan fingerprint density at radius 2 is 2.03 bits per heavy atom. The molecule has 0 unspecified atom stereocenters. The van der Waals surface area contributed by atoms with E-state index in [1.54, 1.807) is 25.1 Å². The van der Waals surface area contributed by atoms with Crippen LogP contribution in [-0.4, -0.2) is 45.4 Å². The number of rotatable bonds is 5. The number of methoxy groups -OCH3 is 1. The number of anilines is 2. The molecule has 2 aromatic heterocycles. The minimum atomic E-state index is -0.163. The molecule has 3 N–H and O–H groups in total. The van der Waals surface area contributed by atoms with Crippen LogP contribution in [0.25, 0.3) is 16.7 Å². The Morgan fingerprint density at radius 3 is 2.86 bits per heavy atom. The lowest BCUT2D eigenvalue weighted by Gasteiger charge is -2.15. The average Bonchev–Trinajstić information content (AvgIpc) is 3.53. The van der Waals surface area contributed by atoms with Crippen molar-refractivity contribution in [2.45, 2.75) is 32.2 Å². The van der Waals surface area contributed by atoms with Crippen molar-refractivity contribution in [2.24, 2.45) is 0 Å². The number of hydrogen-bond acceptors (Lipinski definition) is 6. The van der Waals surface area contributed by atoms with Crippen molar-refractivity contribution in [3.8, 4) is 11.4 Å². The summed E-state index contributed by atoms with van der Waals surface area (Å²) in [6.07, 6.45) is 4.68. The molecule has 182 valence electrons. The number of nitrogens with two attached hydrogens (primary N) is 1. The van der Waals surface area contributed by atoms with Crippen molar-refractivity contribution in [1.82, 2.24) is 19.4 Å². The van der Waals surface area contributed by atoms with Gasteiger partial charge in [-0.15, -0.1) is 0 Å². The Labute approximate surface area is 207 Å². The zero-order chi connectivity index (χ0) is 25.0. The number of amides is 2. The second kappa shape index (κ2) is 8.37. The lowest BCUT2D eigenvalue weighted by molar-refractivity contribution is -0.115. The van der Waals surface area contributed by atoms with Crippen molar-refractivity contribution in [2.75, 3.05) is 25.2 Å². The van der Waals surface area contributed by atoms with Crippen LogP contribution >= 0.6 is 0 Å². The first-order valence-electron chi connectivity index (χ1n) is 11.9. The van der Waals surface area contributed by atoms with Gasteiger partial charge in [-0.3, -0.25) is 9.59 Å². The second-order valence-electron chi connectivity index (χ2n) is 9.33. The normalized spacial score (nSPS) is 14.3. The lowest BCUT2D eigenvalue weighted by atomic mass is 10.0. The molecule has 0 saturated heterocycles. The van der Waals surface area contributed by atoms with Gasteiger partial charge in [0.15, 0.2) is 5.82 Å². The molecule has 2 aliphatic rings. The van der Waals surface area contributed by atoms with Gasteiger partial charge in [-0.1, -0.05) is 12.1 Å². The number of ether oxygens (including phenoxy) is 1. The summed E-state index contributed by atoms with van der Waals surface area (Å²) in [5, 5.41) is 2.97. The van der Waals surface area contributed by atoms with Gasteiger partial charge in [-0.2, -0.15) is 0 Å². The molecule has 2 aromatic carbocycles. The number of carbonyl (C=O) groups excluding carboxylic acids is 2. The summed E-state index contributed by atoms with van der Waals surface area (Å²) in [7, 11) is 3.36. The van der Waals surface area contributed by atoms with Crippen LogP contribution in [0.3, 0.4) is 0 Å². The first kappa shape index (κ1) is 22.1. The van der Waals surface area contributed by atoms with Crippen molar-refractivity contribution in [1.29, 1.82) is 0 Å². The van der Waals surface area contributed by atoms with Crippen LogP contribution in [0.5, 0.6) is 5.75 Å². The van der Waals surface area contributed by atoms with E-state index in [9.17, 15) is 9.59 Å². The molecule has 0 bridgehead atoms. The summed E-state index contributed by atoms with van der Waals surface area (Å²) in [5.74, 6) is 0.836. The Kier molecular flexibility index (Phi) is 5.13. The van der Waals surface area contributed by atoms with E-state index in [1.165, 1.54) is 17.6 Å². The topological polar surface area (TPSA) is 115 Å². The summed E-state index contributed by atoms with van der Waals surface area (Å²) in [6.45, 7) is 0.562. The molecule has 1 aliphatic heterocycles. The van der Waals surface area contributed by atoms with Gasteiger partial charge in [0, 0.05) is 36.6 Å². The van der Waals surface area contributed by atoms with Gasteiger partial charge in [0.2, 0.25) is 5.91 Å². The zero-order valence-corrected chi connectivity index (χ0v) is 20.2. The Hall–Kier alpha value is -4.40. The Bertz CT molecular complexity index is 1560. The first-order chi connectivity index (χ1) is 17.4. The molecule has 0 atom stereocenters. The van der Waals surface area contributed by atoms with Crippen LogP contribution in [0.1, 0.15) is 39.2 Å². The number of benzene rings is 2. The van der Waals surface area contributed by atoms with Gasteiger partial charge in [0.25, 0.3) is 5.91 Å². The van der Waals surface area contributed by atoms with Crippen LogP contribution in [0.15, 0.2) is 42.7 Å². The highest BCUT2D eigenvalue weighted by molar-refractivity contribution is 5.99. The fraction of sp³-hybridized carbons (Fsp3) is 0.259. The average molecular weight is 483 g/mol. The highest BCUT2D eigenvalue weighted by Gasteiger charge is 2.26. The van der Waals surface area contributed by atoms with E-state index >= 15 is 0 Å². The number of fused-ring (bicyclic) bond motifs is 4. The van der Waals surface area contributed by atoms with Gasteiger partial charge < -0.3 is 25.3 Å². The first-order valence-corrected chi connectivity index (χ1v) is 11.9. The van der Waals surface area contributed by atoms with E-state index < -0.39 is 0 Å². The zero-order valence-electron chi connectivity index (χ0n) is 20.2. The molecule has 3 heterocycles. The molecule has 0 radical (unpaired) electrons.